The van der Waals surface area contributed by atoms with E-state index < -0.39 is 16.2 Å². The molecule has 0 atom stereocenters. The Labute approximate surface area is 110 Å². The van der Waals surface area contributed by atoms with E-state index in [9.17, 15) is 13.2 Å². The van der Waals surface area contributed by atoms with Crippen molar-refractivity contribution >= 4 is 16.2 Å². The van der Waals surface area contributed by atoms with Crippen LogP contribution in [0.15, 0.2) is 0 Å². The van der Waals surface area contributed by atoms with E-state index in [0.717, 1.165) is 4.31 Å². The molecule has 0 saturated carbocycles. The van der Waals surface area contributed by atoms with Crippen LogP contribution in [0.3, 0.4) is 0 Å². The van der Waals surface area contributed by atoms with E-state index in [0.29, 0.717) is 6.54 Å². The van der Waals surface area contributed by atoms with E-state index >= 15 is 0 Å². The number of nitrogens with zero attached hydrogens (tertiary/aromatic N) is 2. The standard InChI is InChI=1S/C11H24N2O4S/c1-11(2,3)9-13(5)18(15,16)12(4)8-7-10(14)17-6/h7-9H2,1-6H3. The summed E-state index contributed by atoms with van der Waals surface area (Å²) < 4.78 is 31.2. The zero-order valence-corrected chi connectivity index (χ0v) is 12.9. The molecule has 18 heavy (non-hydrogen) atoms. The fourth-order valence-corrected chi connectivity index (χ4v) is 2.80. The summed E-state index contributed by atoms with van der Waals surface area (Å²) in [5.74, 6) is -0.421. The highest BCUT2D eigenvalue weighted by Crippen LogP contribution is 2.17. The molecule has 0 spiro atoms. The molecule has 0 N–H and O–H groups in total. The van der Waals surface area contributed by atoms with Gasteiger partial charge in [-0.2, -0.15) is 17.0 Å². The van der Waals surface area contributed by atoms with Gasteiger partial charge >= 0.3 is 5.97 Å². The summed E-state index contributed by atoms with van der Waals surface area (Å²) in [5, 5.41) is 0. The molecule has 0 aromatic rings. The summed E-state index contributed by atoms with van der Waals surface area (Å²) in [4.78, 5) is 11.0. The van der Waals surface area contributed by atoms with Gasteiger partial charge in [-0.05, 0) is 5.41 Å². The van der Waals surface area contributed by atoms with Crippen molar-refractivity contribution in [1.82, 2.24) is 8.61 Å². The van der Waals surface area contributed by atoms with Crippen molar-refractivity contribution in [2.24, 2.45) is 5.41 Å². The zero-order chi connectivity index (χ0) is 14.6. The van der Waals surface area contributed by atoms with Crippen LogP contribution in [0.2, 0.25) is 0 Å². The molecule has 0 aromatic carbocycles. The number of rotatable bonds is 6. The minimum absolute atomic E-state index is 0.0512. The number of hydrogen-bond donors (Lipinski definition) is 0. The van der Waals surface area contributed by atoms with E-state index in [-0.39, 0.29) is 18.4 Å². The van der Waals surface area contributed by atoms with Crippen molar-refractivity contribution in [3.8, 4) is 0 Å². The largest absolute Gasteiger partial charge is 0.469 e. The summed E-state index contributed by atoms with van der Waals surface area (Å²) in [6.07, 6.45) is 0.0512. The lowest BCUT2D eigenvalue weighted by Crippen LogP contribution is -2.43. The highest BCUT2D eigenvalue weighted by Gasteiger charge is 2.27. The van der Waals surface area contributed by atoms with Crippen molar-refractivity contribution in [3.63, 3.8) is 0 Å². The molecule has 7 heteroatoms. The third kappa shape index (κ3) is 5.79. The molecule has 0 fully saturated rings. The fourth-order valence-electron chi connectivity index (χ4n) is 1.45. The van der Waals surface area contributed by atoms with Gasteiger partial charge in [-0.15, -0.1) is 0 Å². The van der Waals surface area contributed by atoms with Gasteiger partial charge in [-0.3, -0.25) is 4.79 Å². The van der Waals surface area contributed by atoms with Crippen LogP contribution < -0.4 is 0 Å². The summed E-state index contributed by atoms with van der Waals surface area (Å²) >= 11 is 0. The first-order valence-electron chi connectivity index (χ1n) is 5.75. The molecule has 6 nitrogen and oxygen atoms in total. The quantitative estimate of drug-likeness (QED) is 0.672. The maximum Gasteiger partial charge on any atom is 0.306 e. The van der Waals surface area contributed by atoms with E-state index in [2.05, 4.69) is 4.74 Å². The van der Waals surface area contributed by atoms with Gasteiger partial charge < -0.3 is 4.74 Å². The predicted molar refractivity (Wildman–Crippen MR) is 70.3 cm³/mol. The van der Waals surface area contributed by atoms with Crippen molar-refractivity contribution < 1.29 is 17.9 Å². The van der Waals surface area contributed by atoms with Gasteiger partial charge in [0.2, 0.25) is 0 Å². The van der Waals surface area contributed by atoms with Crippen LogP contribution in [0, 0.1) is 5.41 Å². The van der Waals surface area contributed by atoms with E-state index in [1.807, 2.05) is 20.8 Å². The smallest absolute Gasteiger partial charge is 0.306 e. The van der Waals surface area contributed by atoms with Crippen LogP contribution in [0.4, 0.5) is 0 Å². The number of ether oxygens (including phenoxy) is 1. The molecular formula is C11H24N2O4S. The Kier molecular flexibility index (Phi) is 6.25. The van der Waals surface area contributed by atoms with E-state index in [1.165, 1.54) is 25.5 Å². The monoisotopic (exact) mass is 280 g/mol. The zero-order valence-electron chi connectivity index (χ0n) is 12.1. The minimum Gasteiger partial charge on any atom is -0.469 e. The normalized spacial score (nSPS) is 13.1. The van der Waals surface area contributed by atoms with Crippen molar-refractivity contribution in [2.45, 2.75) is 27.2 Å². The third-order valence-corrected chi connectivity index (χ3v) is 4.23. The molecule has 0 aliphatic rings. The maximum absolute atomic E-state index is 12.1. The first-order valence-corrected chi connectivity index (χ1v) is 7.15. The topological polar surface area (TPSA) is 66.9 Å². The van der Waals surface area contributed by atoms with Crippen LogP contribution in [-0.2, 0) is 19.7 Å². The molecule has 0 aliphatic carbocycles. The molecule has 0 aliphatic heterocycles. The maximum atomic E-state index is 12.1. The Morgan fingerprint density at radius 3 is 2.06 bits per heavy atom. The first-order chi connectivity index (χ1) is 8.00. The minimum atomic E-state index is -3.52. The predicted octanol–water partition coefficient (Wildman–Crippen LogP) is 0.704. The molecule has 0 aromatic heterocycles. The lowest BCUT2D eigenvalue weighted by atomic mass is 9.97. The average molecular weight is 280 g/mol. The Hall–Kier alpha value is -0.660. The van der Waals surface area contributed by atoms with E-state index in [1.54, 1.807) is 0 Å². The van der Waals surface area contributed by atoms with Gasteiger partial charge in [0.05, 0.1) is 13.5 Å². The van der Waals surface area contributed by atoms with Crippen molar-refractivity contribution in [3.05, 3.63) is 0 Å². The van der Waals surface area contributed by atoms with Crippen LogP contribution in [0.1, 0.15) is 27.2 Å². The summed E-state index contributed by atoms with van der Waals surface area (Å²) in [6, 6.07) is 0. The molecule has 0 rings (SSSR count). The second-order valence-electron chi connectivity index (χ2n) is 5.47. The van der Waals surface area contributed by atoms with Crippen LogP contribution in [0.25, 0.3) is 0 Å². The fraction of sp³-hybridized carbons (Fsp3) is 0.909. The molecule has 0 saturated heterocycles. The molecule has 108 valence electrons. The Morgan fingerprint density at radius 1 is 1.17 bits per heavy atom. The number of carbonyl (C=O) groups is 1. The van der Waals surface area contributed by atoms with Gasteiger partial charge in [0.1, 0.15) is 0 Å². The second kappa shape index (κ2) is 6.49. The van der Waals surface area contributed by atoms with Crippen molar-refractivity contribution in [2.75, 3.05) is 34.3 Å². The third-order valence-electron chi connectivity index (χ3n) is 2.34. The summed E-state index contributed by atoms with van der Waals surface area (Å²) in [7, 11) is 0.756. The molecule has 0 radical (unpaired) electrons. The Morgan fingerprint density at radius 2 is 1.67 bits per heavy atom. The van der Waals surface area contributed by atoms with E-state index in [4.69, 9.17) is 0 Å². The van der Waals surface area contributed by atoms with Gasteiger partial charge in [0.25, 0.3) is 10.2 Å². The lowest BCUT2D eigenvalue weighted by molar-refractivity contribution is -0.140. The number of carbonyl (C=O) groups excluding carboxylic acids is 1. The lowest BCUT2D eigenvalue weighted by Gasteiger charge is -2.29. The average Bonchev–Trinajstić information content (AvgIpc) is 2.22. The molecule has 0 amide bonds. The van der Waals surface area contributed by atoms with Gasteiger partial charge in [-0.1, -0.05) is 20.8 Å². The van der Waals surface area contributed by atoms with Crippen LogP contribution in [-0.4, -0.2) is 57.3 Å². The van der Waals surface area contributed by atoms with Crippen molar-refractivity contribution in [1.29, 1.82) is 0 Å². The first kappa shape index (κ1) is 17.3. The molecule has 0 unspecified atom stereocenters. The highest BCUT2D eigenvalue weighted by atomic mass is 32.2. The summed E-state index contributed by atoms with van der Waals surface area (Å²) in [5.41, 5.74) is -0.120. The van der Waals surface area contributed by atoms with Crippen LogP contribution >= 0.6 is 0 Å². The second-order valence-corrected chi connectivity index (χ2v) is 7.61. The number of hydrogen-bond acceptors (Lipinski definition) is 4. The number of esters is 1. The Bertz CT molecular complexity index is 373. The van der Waals surface area contributed by atoms with Gasteiger partial charge in [0, 0.05) is 27.2 Å². The van der Waals surface area contributed by atoms with Gasteiger partial charge in [-0.25, -0.2) is 0 Å². The Balaban J connectivity index is 4.57. The molecule has 0 bridgehead atoms. The van der Waals surface area contributed by atoms with Gasteiger partial charge in [0.15, 0.2) is 0 Å². The number of methoxy groups -OCH3 is 1. The molecule has 0 heterocycles. The van der Waals surface area contributed by atoms with Crippen LogP contribution in [0.5, 0.6) is 0 Å². The molecular weight excluding hydrogens is 256 g/mol. The SMILES string of the molecule is COC(=O)CCN(C)S(=O)(=O)N(C)CC(C)(C)C. The highest BCUT2D eigenvalue weighted by molar-refractivity contribution is 7.86. The summed E-state index contributed by atoms with van der Waals surface area (Å²) in [6.45, 7) is 6.43.